The van der Waals surface area contributed by atoms with Gasteiger partial charge in [0.2, 0.25) is 5.91 Å². The maximum Gasteiger partial charge on any atom is 0.279 e. The second kappa shape index (κ2) is 8.39. The molecule has 0 unspecified atom stereocenters. The van der Waals surface area contributed by atoms with Crippen LogP contribution in [-0.2, 0) is 4.79 Å². The second-order valence-electron chi connectivity index (χ2n) is 6.71. The molecule has 0 spiro atoms. The summed E-state index contributed by atoms with van der Waals surface area (Å²) in [5.41, 5.74) is 1.30. The summed E-state index contributed by atoms with van der Waals surface area (Å²) in [6.07, 6.45) is 0. The summed E-state index contributed by atoms with van der Waals surface area (Å²) in [5, 5.41) is 2.92. The third-order valence-electron chi connectivity index (χ3n) is 4.24. The van der Waals surface area contributed by atoms with E-state index in [1.807, 2.05) is 49.6 Å². The summed E-state index contributed by atoms with van der Waals surface area (Å²) < 4.78 is 7.96. The molecule has 0 aliphatic carbocycles. The molecular formula is C21H23N3O3S. The third-order valence-corrected chi connectivity index (χ3v) is 5.28. The summed E-state index contributed by atoms with van der Waals surface area (Å²) in [6, 6.07) is 14.1. The molecule has 1 aromatic heterocycles. The molecule has 1 heterocycles. The minimum atomic E-state index is -0.504. The Morgan fingerprint density at radius 2 is 1.86 bits per heavy atom. The van der Waals surface area contributed by atoms with Gasteiger partial charge in [-0.2, -0.15) is 4.99 Å². The van der Waals surface area contributed by atoms with Crippen LogP contribution < -0.4 is 14.9 Å². The molecule has 3 rings (SSSR count). The van der Waals surface area contributed by atoms with Gasteiger partial charge >= 0.3 is 0 Å². The van der Waals surface area contributed by atoms with Gasteiger partial charge in [-0.1, -0.05) is 29.5 Å². The molecule has 1 atom stereocenters. The number of benzene rings is 2. The van der Waals surface area contributed by atoms with E-state index in [0.717, 1.165) is 10.2 Å². The summed E-state index contributed by atoms with van der Waals surface area (Å²) in [6.45, 7) is 5.64. The van der Waals surface area contributed by atoms with Crippen molar-refractivity contribution < 1.29 is 14.3 Å². The Hall–Kier alpha value is -2.93. The van der Waals surface area contributed by atoms with Gasteiger partial charge in [0.25, 0.3) is 5.91 Å². The lowest BCUT2D eigenvalue weighted by atomic mass is 10.2. The van der Waals surface area contributed by atoms with Crippen molar-refractivity contribution in [2.24, 2.45) is 4.99 Å². The van der Waals surface area contributed by atoms with Crippen LogP contribution in [0.4, 0.5) is 0 Å². The largest absolute Gasteiger partial charge is 0.497 e. The van der Waals surface area contributed by atoms with Crippen LogP contribution in [0.2, 0.25) is 0 Å². The lowest BCUT2D eigenvalue weighted by Gasteiger charge is -2.17. The molecule has 2 amide bonds. The molecule has 6 nitrogen and oxygen atoms in total. The van der Waals surface area contributed by atoms with Crippen LogP contribution in [0.3, 0.4) is 0 Å². The Morgan fingerprint density at radius 3 is 2.57 bits per heavy atom. The fourth-order valence-corrected chi connectivity index (χ4v) is 3.97. The molecule has 2 aromatic carbocycles. The average Bonchev–Trinajstić information content (AvgIpc) is 3.04. The van der Waals surface area contributed by atoms with Gasteiger partial charge in [-0.25, -0.2) is 0 Å². The first kappa shape index (κ1) is 19.8. The topological polar surface area (TPSA) is 72.7 Å². The third kappa shape index (κ3) is 4.14. The van der Waals surface area contributed by atoms with Gasteiger partial charge in [0.1, 0.15) is 11.8 Å². The number of nitrogens with one attached hydrogen (secondary N) is 1. The normalized spacial score (nSPS) is 13.0. The number of carbonyl (C=O) groups excluding carboxylic acids is 2. The number of rotatable bonds is 5. The predicted molar refractivity (Wildman–Crippen MR) is 111 cm³/mol. The van der Waals surface area contributed by atoms with Crippen LogP contribution in [0.5, 0.6) is 5.75 Å². The predicted octanol–water partition coefficient (Wildman–Crippen LogP) is 3.54. The fraction of sp³-hybridized carbons (Fsp3) is 0.286. The molecule has 0 aliphatic rings. The van der Waals surface area contributed by atoms with E-state index in [2.05, 4.69) is 10.3 Å². The number of para-hydroxylation sites is 1. The van der Waals surface area contributed by atoms with Crippen molar-refractivity contribution in [3.05, 3.63) is 58.9 Å². The van der Waals surface area contributed by atoms with Gasteiger partial charge in [-0.15, -0.1) is 0 Å². The lowest BCUT2D eigenvalue weighted by Crippen LogP contribution is -2.38. The molecule has 0 bridgehead atoms. The Labute approximate surface area is 167 Å². The van der Waals surface area contributed by atoms with Crippen LogP contribution in [-0.4, -0.2) is 29.5 Å². The molecule has 0 saturated carbocycles. The first-order valence-electron chi connectivity index (χ1n) is 9.04. The molecule has 28 heavy (non-hydrogen) atoms. The minimum absolute atomic E-state index is 0.0271. The van der Waals surface area contributed by atoms with Gasteiger partial charge in [0, 0.05) is 11.6 Å². The second-order valence-corrected chi connectivity index (χ2v) is 7.72. The van der Waals surface area contributed by atoms with E-state index in [-0.39, 0.29) is 17.9 Å². The highest BCUT2D eigenvalue weighted by Gasteiger charge is 2.20. The molecule has 7 heteroatoms. The summed E-state index contributed by atoms with van der Waals surface area (Å²) in [5.74, 6) is 0.0967. The molecule has 1 N–H and O–H groups in total. The van der Waals surface area contributed by atoms with Crippen LogP contribution in [0, 0.1) is 0 Å². The summed E-state index contributed by atoms with van der Waals surface area (Å²) >= 11 is 1.39. The van der Waals surface area contributed by atoms with Crippen molar-refractivity contribution in [1.29, 1.82) is 0 Å². The van der Waals surface area contributed by atoms with Gasteiger partial charge in [0.05, 0.1) is 17.3 Å². The SMILES string of the molecule is COc1cccc(C(=O)N=c2sc3ccccc3n2[C@H](C)C(=O)NC(C)C)c1. The Kier molecular flexibility index (Phi) is 5.94. The zero-order valence-corrected chi connectivity index (χ0v) is 17.1. The van der Waals surface area contributed by atoms with E-state index in [9.17, 15) is 9.59 Å². The molecule has 146 valence electrons. The molecule has 0 saturated heterocycles. The number of hydrogen-bond donors (Lipinski definition) is 1. The van der Waals surface area contributed by atoms with Crippen LogP contribution in [0.15, 0.2) is 53.5 Å². The van der Waals surface area contributed by atoms with Crippen molar-refractivity contribution in [3.8, 4) is 5.75 Å². The monoisotopic (exact) mass is 397 g/mol. The molecule has 0 aliphatic heterocycles. The number of carbonyl (C=O) groups is 2. The van der Waals surface area contributed by atoms with Gasteiger partial charge < -0.3 is 14.6 Å². The van der Waals surface area contributed by atoms with E-state index < -0.39 is 6.04 Å². The molecule has 0 radical (unpaired) electrons. The first-order valence-corrected chi connectivity index (χ1v) is 9.86. The zero-order chi connectivity index (χ0) is 20.3. The zero-order valence-electron chi connectivity index (χ0n) is 16.3. The van der Waals surface area contributed by atoms with Gasteiger partial charge in [-0.3, -0.25) is 9.59 Å². The lowest BCUT2D eigenvalue weighted by molar-refractivity contribution is -0.124. The summed E-state index contributed by atoms with van der Waals surface area (Å²) in [4.78, 5) is 30.2. The number of aromatic nitrogens is 1. The van der Waals surface area contributed by atoms with E-state index >= 15 is 0 Å². The highest BCUT2D eigenvalue weighted by atomic mass is 32.1. The fourth-order valence-electron chi connectivity index (χ4n) is 2.87. The smallest absolute Gasteiger partial charge is 0.279 e. The van der Waals surface area contributed by atoms with E-state index in [1.54, 1.807) is 31.4 Å². The van der Waals surface area contributed by atoms with E-state index in [0.29, 0.717) is 16.1 Å². The van der Waals surface area contributed by atoms with Gasteiger partial charge in [0.15, 0.2) is 4.80 Å². The first-order chi connectivity index (χ1) is 13.4. The van der Waals surface area contributed by atoms with Crippen LogP contribution in [0.25, 0.3) is 10.2 Å². The Balaban J connectivity index is 2.11. The summed E-state index contributed by atoms with van der Waals surface area (Å²) in [7, 11) is 1.55. The number of ether oxygens (including phenoxy) is 1. The number of thiazole rings is 1. The molecule has 3 aromatic rings. The van der Waals surface area contributed by atoms with Crippen molar-refractivity contribution in [1.82, 2.24) is 9.88 Å². The van der Waals surface area contributed by atoms with E-state index in [4.69, 9.17) is 4.74 Å². The Morgan fingerprint density at radius 1 is 1.11 bits per heavy atom. The van der Waals surface area contributed by atoms with Gasteiger partial charge in [-0.05, 0) is 51.1 Å². The van der Waals surface area contributed by atoms with Crippen molar-refractivity contribution in [3.63, 3.8) is 0 Å². The highest BCUT2D eigenvalue weighted by Crippen LogP contribution is 2.21. The van der Waals surface area contributed by atoms with Crippen molar-refractivity contribution in [2.45, 2.75) is 32.9 Å². The van der Waals surface area contributed by atoms with Crippen LogP contribution >= 0.6 is 11.3 Å². The number of methoxy groups -OCH3 is 1. The minimum Gasteiger partial charge on any atom is -0.497 e. The maximum absolute atomic E-state index is 12.8. The van der Waals surface area contributed by atoms with E-state index in [1.165, 1.54) is 11.3 Å². The number of fused-ring (bicyclic) bond motifs is 1. The Bertz CT molecular complexity index is 1080. The highest BCUT2D eigenvalue weighted by molar-refractivity contribution is 7.16. The van der Waals surface area contributed by atoms with Crippen molar-refractivity contribution >= 4 is 33.4 Å². The quantitative estimate of drug-likeness (QED) is 0.716. The molecule has 0 fully saturated rings. The van der Waals surface area contributed by atoms with Crippen molar-refractivity contribution in [2.75, 3.05) is 7.11 Å². The number of hydrogen-bond acceptors (Lipinski definition) is 4. The average molecular weight is 398 g/mol. The number of nitrogens with zero attached hydrogens (tertiary/aromatic N) is 2. The molecular weight excluding hydrogens is 374 g/mol. The maximum atomic E-state index is 12.8. The number of amides is 2. The van der Waals surface area contributed by atoms with Crippen LogP contribution in [0.1, 0.15) is 37.2 Å². The standard InChI is InChI=1S/C21H23N3O3S/c1-13(2)22-19(25)14(3)24-17-10-5-6-11-18(17)28-21(24)23-20(26)15-8-7-9-16(12-15)27-4/h5-14H,1-4H3,(H,22,25)/t14-/m1/s1.